The quantitative estimate of drug-likeness (QED) is 0.675. The van der Waals surface area contributed by atoms with E-state index in [1.807, 2.05) is 13.8 Å². The molecule has 0 aliphatic rings. The molecule has 25 heavy (non-hydrogen) atoms. The van der Waals surface area contributed by atoms with E-state index in [4.69, 9.17) is 4.74 Å². The van der Waals surface area contributed by atoms with Crippen molar-refractivity contribution in [3.05, 3.63) is 53.3 Å². The molecule has 2 rings (SSSR count). The maximum Gasteiger partial charge on any atom is 0.209 e. The number of rotatable bonds is 8. The summed E-state index contributed by atoms with van der Waals surface area (Å²) in [4.78, 5) is 27.1. The number of halogens is 1. The number of hydrogen-bond acceptors (Lipinski definition) is 4. The lowest BCUT2D eigenvalue weighted by molar-refractivity contribution is 0.0937. The Hall–Kier alpha value is -2.11. The van der Waals surface area contributed by atoms with Gasteiger partial charge in [-0.25, -0.2) is 0 Å². The zero-order chi connectivity index (χ0) is 17.7. The first-order valence-corrected chi connectivity index (χ1v) is 8.10. The minimum Gasteiger partial charge on any atom is -0.497 e. The highest BCUT2D eigenvalue weighted by atomic mass is 35.5. The van der Waals surface area contributed by atoms with Gasteiger partial charge in [-0.3, -0.25) is 14.5 Å². The molecule has 1 aromatic heterocycles. The van der Waals surface area contributed by atoms with Crippen molar-refractivity contribution in [2.24, 2.45) is 7.05 Å². The fraction of sp³-hybridized carbons (Fsp3) is 0.368. The molecule has 0 radical (unpaired) electrons. The minimum absolute atomic E-state index is 0. The van der Waals surface area contributed by atoms with Crippen molar-refractivity contribution in [1.29, 1.82) is 0 Å². The van der Waals surface area contributed by atoms with Crippen molar-refractivity contribution < 1.29 is 14.3 Å². The fourth-order valence-electron chi connectivity index (χ4n) is 2.57. The average molecular weight is 365 g/mol. The number of benzene rings is 1. The molecule has 0 aliphatic heterocycles. The van der Waals surface area contributed by atoms with Crippen LogP contribution in [0.5, 0.6) is 5.75 Å². The third-order valence-electron chi connectivity index (χ3n) is 4.17. The van der Waals surface area contributed by atoms with Crippen LogP contribution < -0.4 is 4.74 Å². The number of carbonyl (C=O) groups is 2. The first-order chi connectivity index (χ1) is 11.5. The highest BCUT2D eigenvalue weighted by Crippen LogP contribution is 2.17. The van der Waals surface area contributed by atoms with E-state index in [-0.39, 0.29) is 24.0 Å². The number of hydrogen-bond donors (Lipinski definition) is 0. The minimum atomic E-state index is -0.109. The monoisotopic (exact) mass is 364 g/mol. The van der Waals surface area contributed by atoms with Crippen LogP contribution in [-0.4, -0.2) is 47.8 Å². The lowest BCUT2D eigenvalue weighted by Gasteiger charge is -2.16. The van der Waals surface area contributed by atoms with Crippen LogP contribution >= 0.6 is 12.4 Å². The van der Waals surface area contributed by atoms with Crippen LogP contribution in [0.2, 0.25) is 0 Å². The molecule has 2 aromatic rings. The summed E-state index contributed by atoms with van der Waals surface area (Å²) < 4.78 is 6.82. The summed E-state index contributed by atoms with van der Waals surface area (Å²) in [5.41, 5.74) is 1.64. The van der Waals surface area contributed by atoms with Gasteiger partial charge in [0.2, 0.25) is 5.78 Å². The zero-order valence-electron chi connectivity index (χ0n) is 15.1. The molecule has 0 unspecified atom stereocenters. The van der Waals surface area contributed by atoms with Crippen molar-refractivity contribution in [2.45, 2.75) is 13.8 Å². The van der Waals surface area contributed by atoms with E-state index in [9.17, 15) is 9.59 Å². The first kappa shape index (κ1) is 20.9. The number of nitrogens with zero attached hydrogens (tertiary/aromatic N) is 2. The van der Waals surface area contributed by atoms with E-state index in [0.29, 0.717) is 29.1 Å². The van der Waals surface area contributed by atoms with Gasteiger partial charge < -0.3 is 9.30 Å². The molecule has 0 N–H and O–H groups in total. The summed E-state index contributed by atoms with van der Waals surface area (Å²) in [5, 5.41) is 0. The van der Waals surface area contributed by atoms with Crippen LogP contribution in [0.15, 0.2) is 36.5 Å². The largest absolute Gasteiger partial charge is 0.497 e. The Labute approximate surface area is 155 Å². The molecular weight excluding hydrogens is 340 g/mol. The van der Waals surface area contributed by atoms with Gasteiger partial charge >= 0.3 is 0 Å². The Morgan fingerprint density at radius 3 is 2.20 bits per heavy atom. The summed E-state index contributed by atoms with van der Waals surface area (Å²) in [7, 11) is 3.37. The second-order valence-corrected chi connectivity index (χ2v) is 5.67. The van der Waals surface area contributed by atoms with Gasteiger partial charge in [0, 0.05) is 24.4 Å². The predicted octanol–water partition coefficient (Wildman–Crippen LogP) is 3.21. The molecule has 0 saturated carbocycles. The van der Waals surface area contributed by atoms with Gasteiger partial charge in [-0.05, 0) is 43.4 Å². The topological polar surface area (TPSA) is 51.5 Å². The molecule has 5 nitrogen and oxygen atoms in total. The Morgan fingerprint density at radius 2 is 1.68 bits per heavy atom. The van der Waals surface area contributed by atoms with Crippen LogP contribution in [0, 0.1) is 0 Å². The van der Waals surface area contributed by atoms with Gasteiger partial charge in [0.05, 0.1) is 19.3 Å². The molecule has 0 aliphatic carbocycles. The number of aromatic nitrogens is 1. The summed E-state index contributed by atoms with van der Waals surface area (Å²) in [5.74, 6) is 0.624. The molecule has 0 atom stereocenters. The second-order valence-electron chi connectivity index (χ2n) is 5.67. The van der Waals surface area contributed by atoms with Gasteiger partial charge in [0.15, 0.2) is 5.78 Å². The average Bonchev–Trinajstić information content (AvgIpc) is 3.00. The van der Waals surface area contributed by atoms with Gasteiger partial charge in [-0.1, -0.05) is 13.8 Å². The van der Waals surface area contributed by atoms with Crippen LogP contribution in [0.3, 0.4) is 0 Å². The smallest absolute Gasteiger partial charge is 0.209 e. The number of ether oxygens (including phenoxy) is 1. The van der Waals surface area contributed by atoms with Gasteiger partial charge in [0.25, 0.3) is 0 Å². The van der Waals surface area contributed by atoms with E-state index in [1.165, 1.54) is 0 Å². The van der Waals surface area contributed by atoms with E-state index in [1.54, 1.807) is 55.3 Å². The predicted molar refractivity (Wildman–Crippen MR) is 101 cm³/mol. The van der Waals surface area contributed by atoms with Crippen molar-refractivity contribution in [3.8, 4) is 5.75 Å². The van der Waals surface area contributed by atoms with Crippen molar-refractivity contribution in [2.75, 3.05) is 26.7 Å². The van der Waals surface area contributed by atoms with Gasteiger partial charge in [0.1, 0.15) is 5.75 Å². The van der Waals surface area contributed by atoms with E-state index < -0.39 is 0 Å². The first-order valence-electron chi connectivity index (χ1n) is 8.10. The third-order valence-corrected chi connectivity index (χ3v) is 4.17. The number of likely N-dealkylation sites (N-methyl/N-ethyl adjacent to an activating group) is 1. The summed E-state index contributed by atoms with van der Waals surface area (Å²) >= 11 is 0. The van der Waals surface area contributed by atoms with E-state index >= 15 is 0 Å². The molecular formula is C19H25ClN2O3. The van der Waals surface area contributed by atoms with Crippen LogP contribution in [0.1, 0.15) is 40.3 Å². The number of aryl methyl sites for hydroxylation is 1. The Balaban J connectivity index is 0.00000312. The normalized spacial score (nSPS) is 10.4. The molecule has 0 bridgehead atoms. The molecule has 136 valence electrons. The maximum atomic E-state index is 12.7. The highest BCUT2D eigenvalue weighted by Gasteiger charge is 2.18. The van der Waals surface area contributed by atoms with Crippen molar-refractivity contribution >= 4 is 24.0 Å². The SMILES string of the molecule is CCN(CC)CC(=O)c1cc(C(=O)c2ccc(OC)cc2)n(C)c1.Cl. The molecule has 0 saturated heterocycles. The third kappa shape index (κ3) is 4.94. The molecule has 1 aromatic carbocycles. The maximum absolute atomic E-state index is 12.7. The summed E-state index contributed by atoms with van der Waals surface area (Å²) in [6.07, 6.45) is 1.72. The molecule has 0 fully saturated rings. The Kier molecular flexibility index (Phi) is 7.87. The second kappa shape index (κ2) is 9.39. The Bertz CT molecular complexity index is 719. The lowest BCUT2D eigenvalue weighted by atomic mass is 10.1. The molecule has 6 heteroatoms. The zero-order valence-corrected chi connectivity index (χ0v) is 15.9. The number of ketones is 2. The summed E-state index contributed by atoms with van der Waals surface area (Å²) in [6, 6.07) is 8.64. The van der Waals surface area contributed by atoms with Crippen LogP contribution in [-0.2, 0) is 7.05 Å². The van der Waals surface area contributed by atoms with E-state index in [0.717, 1.165) is 13.1 Å². The van der Waals surface area contributed by atoms with Gasteiger partial charge in [-0.2, -0.15) is 0 Å². The lowest BCUT2D eigenvalue weighted by Crippen LogP contribution is -2.29. The standard InChI is InChI=1S/C19H24N2O3.ClH/c1-5-21(6-2)13-18(22)15-11-17(20(3)12-15)19(23)14-7-9-16(24-4)10-8-14;/h7-12H,5-6,13H2,1-4H3;1H. The fourth-order valence-corrected chi connectivity index (χ4v) is 2.57. The van der Waals surface area contributed by atoms with Crippen LogP contribution in [0.25, 0.3) is 0 Å². The summed E-state index contributed by atoms with van der Waals surface area (Å²) in [6.45, 7) is 6.08. The Morgan fingerprint density at radius 1 is 1.08 bits per heavy atom. The van der Waals surface area contributed by atoms with Gasteiger partial charge in [-0.15, -0.1) is 12.4 Å². The van der Waals surface area contributed by atoms with Crippen molar-refractivity contribution in [1.82, 2.24) is 9.47 Å². The number of carbonyl (C=O) groups excluding carboxylic acids is 2. The van der Waals surface area contributed by atoms with Crippen molar-refractivity contribution in [3.63, 3.8) is 0 Å². The molecule has 0 amide bonds. The van der Waals surface area contributed by atoms with E-state index in [2.05, 4.69) is 4.90 Å². The highest BCUT2D eigenvalue weighted by molar-refractivity contribution is 6.10. The number of Topliss-reactive ketones (excluding diaryl/α,β-unsaturated/α-hetero) is 1. The molecule has 0 spiro atoms. The molecule has 1 heterocycles. The number of methoxy groups -OCH3 is 1. The van der Waals surface area contributed by atoms with Crippen LogP contribution in [0.4, 0.5) is 0 Å².